The highest BCUT2D eigenvalue weighted by Gasteiger charge is 2.50. The molecular weight excluding hydrogens is 370 g/mol. The molecule has 3 heteroatoms. The van der Waals surface area contributed by atoms with Gasteiger partial charge in [0.15, 0.2) is 0 Å². The van der Waals surface area contributed by atoms with Gasteiger partial charge in [0.1, 0.15) is 11.5 Å². The van der Waals surface area contributed by atoms with Crippen LogP contribution in [0.25, 0.3) is 11.1 Å². The predicted molar refractivity (Wildman–Crippen MR) is 120 cm³/mol. The number of hydrogen-bond donors (Lipinski definition) is 1. The molecule has 0 bridgehead atoms. The zero-order chi connectivity index (χ0) is 20.3. The molecule has 30 heavy (non-hydrogen) atoms. The number of methoxy groups -OCH3 is 2. The van der Waals surface area contributed by atoms with Crippen LogP contribution in [0, 0.1) is 0 Å². The smallest absolute Gasteiger partial charge is 0.119 e. The summed E-state index contributed by atoms with van der Waals surface area (Å²) in [6, 6.07) is 30.1. The number of hydrogen-bond acceptors (Lipinski definition) is 3. The number of benzene rings is 4. The van der Waals surface area contributed by atoms with Crippen LogP contribution in [0.5, 0.6) is 11.5 Å². The quantitative estimate of drug-likeness (QED) is 0.385. The average Bonchev–Trinajstić information content (AvgIpc) is 3.09. The molecule has 1 spiro atoms. The van der Waals surface area contributed by atoms with E-state index < -0.39 is 0 Å². The van der Waals surface area contributed by atoms with Crippen LogP contribution >= 0.6 is 0 Å². The molecule has 1 N–H and O–H groups in total. The summed E-state index contributed by atoms with van der Waals surface area (Å²) in [5.74, 6) is 1.71. The molecule has 1 aliphatic heterocycles. The van der Waals surface area contributed by atoms with Crippen LogP contribution in [0.1, 0.15) is 22.3 Å². The van der Waals surface area contributed by atoms with E-state index in [1.165, 1.54) is 33.4 Å². The number of nitrogens with one attached hydrogen (secondary N) is 1. The van der Waals surface area contributed by atoms with E-state index >= 15 is 0 Å². The molecule has 0 aromatic heterocycles. The standard InChI is InChI=1S/C27H21NO2/c1-29-17-11-13-21-19(15-17)20-16-18(30-2)12-14-22(20)27(21)23-7-3-5-9-25(23)28-26-10-6-4-8-24(26)27/h3-16,28H,1-2H3. The van der Waals surface area contributed by atoms with Gasteiger partial charge in [-0.3, -0.25) is 0 Å². The Labute approximate surface area is 175 Å². The minimum atomic E-state index is -0.387. The average molecular weight is 391 g/mol. The van der Waals surface area contributed by atoms with Crippen LogP contribution in [-0.4, -0.2) is 14.2 Å². The van der Waals surface area contributed by atoms with Gasteiger partial charge in [-0.05, 0) is 69.8 Å². The first kappa shape index (κ1) is 17.2. The maximum atomic E-state index is 5.58. The van der Waals surface area contributed by atoms with Crippen molar-refractivity contribution in [2.24, 2.45) is 0 Å². The van der Waals surface area contributed by atoms with Gasteiger partial charge in [0.2, 0.25) is 0 Å². The lowest BCUT2D eigenvalue weighted by Gasteiger charge is -2.40. The summed E-state index contributed by atoms with van der Waals surface area (Å²) in [4.78, 5) is 0. The Morgan fingerprint density at radius 2 is 1.03 bits per heavy atom. The third-order valence-electron chi connectivity index (χ3n) is 6.48. The molecule has 0 fully saturated rings. The van der Waals surface area contributed by atoms with E-state index in [2.05, 4.69) is 90.2 Å². The lowest BCUT2D eigenvalue weighted by molar-refractivity contribution is 0.414. The molecule has 146 valence electrons. The van der Waals surface area contributed by atoms with Crippen molar-refractivity contribution in [1.29, 1.82) is 0 Å². The molecule has 0 atom stereocenters. The lowest BCUT2D eigenvalue weighted by Crippen LogP contribution is -2.33. The zero-order valence-corrected chi connectivity index (χ0v) is 16.9. The summed E-state index contributed by atoms with van der Waals surface area (Å²) in [5, 5.41) is 3.65. The van der Waals surface area contributed by atoms with Crippen LogP contribution in [-0.2, 0) is 5.41 Å². The lowest BCUT2D eigenvalue weighted by atomic mass is 9.65. The van der Waals surface area contributed by atoms with Gasteiger partial charge >= 0.3 is 0 Å². The van der Waals surface area contributed by atoms with Crippen LogP contribution < -0.4 is 14.8 Å². The first-order valence-corrected chi connectivity index (χ1v) is 10.1. The van der Waals surface area contributed by atoms with Crippen molar-refractivity contribution >= 4 is 11.4 Å². The first-order valence-electron chi connectivity index (χ1n) is 10.1. The fourth-order valence-electron chi connectivity index (χ4n) is 5.25. The van der Waals surface area contributed by atoms with Crippen molar-refractivity contribution in [2.45, 2.75) is 5.41 Å². The minimum absolute atomic E-state index is 0.387. The molecule has 4 aromatic carbocycles. The summed E-state index contributed by atoms with van der Waals surface area (Å²) >= 11 is 0. The Morgan fingerprint density at radius 3 is 1.50 bits per heavy atom. The Morgan fingerprint density at radius 1 is 0.567 bits per heavy atom. The van der Waals surface area contributed by atoms with Gasteiger partial charge < -0.3 is 14.8 Å². The number of rotatable bonds is 2. The summed E-state index contributed by atoms with van der Waals surface area (Å²) in [6.07, 6.45) is 0. The van der Waals surface area contributed by atoms with Crippen molar-refractivity contribution in [2.75, 3.05) is 19.5 Å². The van der Waals surface area contributed by atoms with Crippen LogP contribution in [0.4, 0.5) is 11.4 Å². The Bertz CT molecular complexity index is 1210. The van der Waals surface area contributed by atoms with Crippen LogP contribution in [0.3, 0.4) is 0 Å². The molecule has 0 saturated heterocycles. The van der Waals surface area contributed by atoms with Crippen LogP contribution in [0.2, 0.25) is 0 Å². The molecule has 2 aliphatic rings. The van der Waals surface area contributed by atoms with Crippen LogP contribution in [0.15, 0.2) is 84.9 Å². The highest BCUT2D eigenvalue weighted by molar-refractivity contribution is 5.93. The number of anilines is 2. The minimum Gasteiger partial charge on any atom is -0.497 e. The Balaban J connectivity index is 1.81. The fourth-order valence-corrected chi connectivity index (χ4v) is 5.25. The molecule has 0 amide bonds. The van der Waals surface area contributed by atoms with E-state index in [9.17, 15) is 0 Å². The molecular formula is C27H21NO2. The maximum absolute atomic E-state index is 5.58. The molecule has 4 aromatic rings. The molecule has 0 saturated carbocycles. The SMILES string of the molecule is COc1ccc2c(c1)-c1cc(OC)ccc1C21c2ccccc2Nc2ccccc21. The highest BCUT2D eigenvalue weighted by atomic mass is 16.5. The second-order valence-corrected chi connectivity index (χ2v) is 7.79. The van der Waals surface area contributed by atoms with E-state index in [-0.39, 0.29) is 5.41 Å². The van der Waals surface area contributed by atoms with E-state index in [1.807, 2.05) is 0 Å². The molecule has 0 unspecified atom stereocenters. The summed E-state index contributed by atoms with van der Waals surface area (Å²) in [7, 11) is 3.43. The summed E-state index contributed by atoms with van der Waals surface area (Å²) in [5.41, 5.74) is 9.34. The van der Waals surface area contributed by atoms with Gasteiger partial charge in [-0.15, -0.1) is 0 Å². The van der Waals surface area contributed by atoms with Gasteiger partial charge in [-0.2, -0.15) is 0 Å². The molecule has 1 aliphatic carbocycles. The summed E-state index contributed by atoms with van der Waals surface area (Å²) in [6.45, 7) is 0. The topological polar surface area (TPSA) is 30.5 Å². The number of fused-ring (bicyclic) bond motifs is 9. The van der Waals surface area contributed by atoms with Crippen molar-refractivity contribution < 1.29 is 9.47 Å². The Hall–Kier alpha value is -3.72. The van der Waals surface area contributed by atoms with Crippen molar-refractivity contribution in [1.82, 2.24) is 0 Å². The second kappa shape index (κ2) is 6.14. The number of para-hydroxylation sites is 2. The Kier molecular flexibility index (Phi) is 3.51. The number of ether oxygens (including phenoxy) is 2. The molecule has 0 radical (unpaired) electrons. The van der Waals surface area contributed by atoms with Crippen molar-refractivity contribution in [3.8, 4) is 22.6 Å². The van der Waals surface area contributed by atoms with Crippen molar-refractivity contribution in [3.05, 3.63) is 107 Å². The van der Waals surface area contributed by atoms with Gasteiger partial charge in [-0.1, -0.05) is 48.5 Å². The summed E-state index contributed by atoms with van der Waals surface area (Å²) < 4.78 is 11.2. The zero-order valence-electron chi connectivity index (χ0n) is 16.9. The third kappa shape index (κ3) is 2.04. The highest BCUT2D eigenvalue weighted by Crippen LogP contribution is 2.61. The maximum Gasteiger partial charge on any atom is 0.119 e. The normalized spacial score (nSPS) is 14.2. The second-order valence-electron chi connectivity index (χ2n) is 7.79. The van der Waals surface area contributed by atoms with E-state index in [4.69, 9.17) is 9.47 Å². The third-order valence-corrected chi connectivity index (χ3v) is 6.48. The predicted octanol–water partition coefficient (Wildman–Crippen LogP) is 6.12. The largest absolute Gasteiger partial charge is 0.497 e. The fraction of sp³-hybridized carbons (Fsp3) is 0.111. The van der Waals surface area contributed by atoms with Gasteiger partial charge in [0, 0.05) is 11.4 Å². The van der Waals surface area contributed by atoms with E-state index in [0.717, 1.165) is 22.9 Å². The first-order chi connectivity index (χ1) is 14.8. The molecule has 1 heterocycles. The van der Waals surface area contributed by atoms with Gasteiger partial charge in [0.05, 0.1) is 19.6 Å². The molecule has 6 rings (SSSR count). The monoisotopic (exact) mass is 391 g/mol. The van der Waals surface area contributed by atoms with E-state index in [0.29, 0.717) is 0 Å². The molecule has 3 nitrogen and oxygen atoms in total. The van der Waals surface area contributed by atoms with E-state index in [1.54, 1.807) is 14.2 Å². The van der Waals surface area contributed by atoms with Gasteiger partial charge in [0.25, 0.3) is 0 Å². The van der Waals surface area contributed by atoms with Gasteiger partial charge in [-0.25, -0.2) is 0 Å². The van der Waals surface area contributed by atoms with Crippen molar-refractivity contribution in [3.63, 3.8) is 0 Å².